The summed E-state index contributed by atoms with van der Waals surface area (Å²) in [5.41, 5.74) is 1.78. The second-order valence-electron chi connectivity index (χ2n) is 4.50. The predicted molar refractivity (Wildman–Crippen MR) is 79.8 cm³/mol. The summed E-state index contributed by atoms with van der Waals surface area (Å²) in [4.78, 5) is 3.78. The van der Waals surface area contributed by atoms with Crippen LogP contribution in [-0.2, 0) is 6.18 Å². The summed E-state index contributed by atoms with van der Waals surface area (Å²) in [6, 6.07) is 9.73. The molecule has 21 heavy (non-hydrogen) atoms. The topological polar surface area (TPSA) is 50.9 Å². The lowest BCUT2D eigenvalue weighted by Gasteiger charge is -2.13. The third-order valence-corrected chi connectivity index (χ3v) is 3.87. The third-order valence-electron chi connectivity index (χ3n) is 3.22. The van der Waals surface area contributed by atoms with Crippen molar-refractivity contribution in [3.05, 3.63) is 46.6 Å². The number of anilines is 1. The predicted octanol–water partition coefficient (Wildman–Crippen LogP) is 4.45. The highest BCUT2D eigenvalue weighted by molar-refractivity contribution is 9.10. The van der Waals surface area contributed by atoms with Crippen LogP contribution >= 0.6 is 15.9 Å². The van der Waals surface area contributed by atoms with Gasteiger partial charge in [0.1, 0.15) is 5.69 Å². The summed E-state index contributed by atoms with van der Waals surface area (Å²) in [6.45, 7) is 0. The number of nitrogens with two attached hydrogens (primary N) is 1. The minimum absolute atomic E-state index is 0.179. The second-order valence-corrected chi connectivity index (χ2v) is 5.35. The molecule has 0 radical (unpaired) electrons. The monoisotopic (exact) mass is 355 g/mol. The highest BCUT2D eigenvalue weighted by atomic mass is 79.9. The fraction of sp³-hybridized carbons (Fsp3) is 0.0714. The number of alkyl halides is 3. The van der Waals surface area contributed by atoms with E-state index in [1.165, 1.54) is 0 Å². The minimum atomic E-state index is -4.53. The Bertz CT molecular complexity index is 846. The molecule has 0 atom stereocenters. The van der Waals surface area contributed by atoms with Gasteiger partial charge in [0.15, 0.2) is 0 Å². The molecule has 3 nitrogen and oxygen atoms in total. The Kier molecular flexibility index (Phi) is 3.26. The molecule has 7 heteroatoms. The van der Waals surface area contributed by atoms with Crippen molar-refractivity contribution in [1.82, 2.24) is 4.98 Å². The molecule has 0 amide bonds. The molecule has 0 bridgehead atoms. The first-order valence-corrected chi connectivity index (χ1v) is 6.77. The number of fused-ring (bicyclic) bond motifs is 3. The number of hydrazine groups is 1. The van der Waals surface area contributed by atoms with Crippen LogP contribution in [0.2, 0.25) is 0 Å². The Hall–Kier alpha value is -1.86. The number of nitrogen functional groups attached to an aromatic ring is 1. The zero-order chi connectivity index (χ0) is 15.2. The van der Waals surface area contributed by atoms with E-state index in [2.05, 4.69) is 26.3 Å². The zero-order valence-electron chi connectivity index (χ0n) is 10.5. The lowest BCUT2D eigenvalue weighted by atomic mass is 10.0. The number of benzene rings is 2. The van der Waals surface area contributed by atoms with Gasteiger partial charge in [-0.2, -0.15) is 13.2 Å². The van der Waals surface area contributed by atoms with Crippen molar-refractivity contribution in [3.8, 4) is 0 Å². The Morgan fingerprint density at radius 2 is 1.71 bits per heavy atom. The van der Waals surface area contributed by atoms with E-state index in [4.69, 9.17) is 5.84 Å². The SMILES string of the molecule is NNc1cc(C(F)(F)F)nc2c1cc(Br)c1ccccc12. The maximum Gasteiger partial charge on any atom is 0.433 e. The fourth-order valence-corrected chi connectivity index (χ4v) is 2.85. The van der Waals surface area contributed by atoms with Crippen LogP contribution in [0.3, 0.4) is 0 Å². The molecule has 3 aromatic rings. The number of aromatic nitrogens is 1. The van der Waals surface area contributed by atoms with Crippen molar-refractivity contribution < 1.29 is 13.2 Å². The molecular formula is C14H9BrF3N3. The van der Waals surface area contributed by atoms with Crippen molar-refractivity contribution in [2.24, 2.45) is 5.84 Å². The number of halogens is 4. The van der Waals surface area contributed by atoms with Crippen LogP contribution in [0.5, 0.6) is 0 Å². The zero-order valence-corrected chi connectivity index (χ0v) is 12.1. The average Bonchev–Trinajstić information content (AvgIpc) is 2.46. The lowest BCUT2D eigenvalue weighted by Crippen LogP contribution is -2.13. The molecule has 0 spiro atoms. The van der Waals surface area contributed by atoms with Crippen LogP contribution in [0, 0.1) is 0 Å². The van der Waals surface area contributed by atoms with E-state index in [9.17, 15) is 13.2 Å². The fourth-order valence-electron chi connectivity index (χ4n) is 2.27. The Labute approximate surface area is 126 Å². The van der Waals surface area contributed by atoms with Crippen molar-refractivity contribution in [2.45, 2.75) is 6.18 Å². The van der Waals surface area contributed by atoms with Crippen molar-refractivity contribution in [2.75, 3.05) is 5.43 Å². The van der Waals surface area contributed by atoms with Crippen LogP contribution < -0.4 is 11.3 Å². The number of pyridine rings is 1. The minimum Gasteiger partial charge on any atom is -0.323 e. The normalized spacial score (nSPS) is 12.0. The first-order chi connectivity index (χ1) is 9.91. The molecule has 2 aromatic carbocycles. The largest absolute Gasteiger partial charge is 0.433 e. The van der Waals surface area contributed by atoms with Gasteiger partial charge in [-0.15, -0.1) is 0 Å². The number of nitrogens with zero attached hydrogens (tertiary/aromatic N) is 1. The summed E-state index contributed by atoms with van der Waals surface area (Å²) in [6.07, 6.45) is -4.53. The molecule has 0 aliphatic carbocycles. The molecule has 0 saturated heterocycles. The van der Waals surface area contributed by atoms with Crippen LogP contribution in [0.25, 0.3) is 21.7 Å². The summed E-state index contributed by atoms with van der Waals surface area (Å²) in [5, 5.41) is 1.94. The van der Waals surface area contributed by atoms with Gasteiger partial charge in [0.2, 0.25) is 0 Å². The van der Waals surface area contributed by atoms with Gasteiger partial charge < -0.3 is 5.43 Å². The van der Waals surface area contributed by atoms with Crippen molar-refractivity contribution in [3.63, 3.8) is 0 Å². The van der Waals surface area contributed by atoms with Gasteiger partial charge in [0, 0.05) is 15.2 Å². The summed E-state index contributed by atoms with van der Waals surface area (Å²) < 4.78 is 39.7. The molecule has 108 valence electrons. The summed E-state index contributed by atoms with van der Waals surface area (Å²) in [5.74, 6) is 5.36. The first-order valence-electron chi connectivity index (χ1n) is 5.97. The molecule has 1 heterocycles. The average molecular weight is 356 g/mol. The van der Waals surface area contributed by atoms with Gasteiger partial charge in [-0.05, 0) is 17.5 Å². The van der Waals surface area contributed by atoms with E-state index >= 15 is 0 Å². The van der Waals surface area contributed by atoms with E-state index in [-0.39, 0.29) is 11.2 Å². The van der Waals surface area contributed by atoms with E-state index in [0.717, 1.165) is 15.9 Å². The van der Waals surface area contributed by atoms with E-state index < -0.39 is 11.9 Å². The first kappa shape index (κ1) is 14.1. The van der Waals surface area contributed by atoms with Gasteiger partial charge >= 0.3 is 6.18 Å². The van der Waals surface area contributed by atoms with Crippen LogP contribution in [-0.4, -0.2) is 4.98 Å². The molecular weight excluding hydrogens is 347 g/mol. The third kappa shape index (κ3) is 2.32. The standard InChI is InChI=1S/C14H9BrF3N3/c15-10-5-9-11(21-19)6-12(14(16,17)18)20-13(9)8-4-2-1-3-7(8)10/h1-6H,19H2,(H,20,21). The number of hydrogen-bond donors (Lipinski definition) is 2. The van der Waals surface area contributed by atoms with Crippen LogP contribution in [0.1, 0.15) is 5.69 Å². The summed E-state index contributed by atoms with van der Waals surface area (Å²) in [7, 11) is 0. The Morgan fingerprint density at radius 3 is 2.33 bits per heavy atom. The molecule has 0 aliphatic heterocycles. The van der Waals surface area contributed by atoms with Crippen molar-refractivity contribution in [1.29, 1.82) is 0 Å². The summed E-state index contributed by atoms with van der Waals surface area (Å²) >= 11 is 3.42. The highest BCUT2D eigenvalue weighted by Gasteiger charge is 2.33. The highest BCUT2D eigenvalue weighted by Crippen LogP contribution is 2.37. The van der Waals surface area contributed by atoms with E-state index in [1.807, 2.05) is 12.1 Å². The molecule has 3 rings (SSSR count). The van der Waals surface area contributed by atoms with Crippen LogP contribution in [0.15, 0.2) is 40.9 Å². The van der Waals surface area contributed by atoms with Gasteiger partial charge in [-0.25, -0.2) is 4.98 Å². The number of nitrogens with one attached hydrogen (secondary N) is 1. The van der Waals surface area contributed by atoms with Crippen LogP contribution in [0.4, 0.5) is 18.9 Å². The van der Waals surface area contributed by atoms with E-state index in [0.29, 0.717) is 10.8 Å². The number of hydrogen-bond acceptors (Lipinski definition) is 3. The Morgan fingerprint density at radius 1 is 1.05 bits per heavy atom. The van der Waals surface area contributed by atoms with Gasteiger partial charge in [-0.3, -0.25) is 5.84 Å². The lowest BCUT2D eigenvalue weighted by molar-refractivity contribution is -0.140. The van der Waals surface area contributed by atoms with Gasteiger partial charge in [0.25, 0.3) is 0 Å². The van der Waals surface area contributed by atoms with Crippen molar-refractivity contribution >= 4 is 43.3 Å². The molecule has 0 aliphatic rings. The molecule has 1 aromatic heterocycles. The molecule has 0 saturated carbocycles. The Balaban J connectivity index is 2.51. The van der Waals surface area contributed by atoms with Gasteiger partial charge in [-0.1, -0.05) is 40.2 Å². The maximum atomic E-state index is 13.0. The maximum absolute atomic E-state index is 13.0. The van der Waals surface area contributed by atoms with Gasteiger partial charge in [0.05, 0.1) is 11.2 Å². The molecule has 0 fully saturated rings. The quantitative estimate of drug-likeness (QED) is 0.385. The number of rotatable bonds is 1. The molecule has 3 N–H and O–H groups in total. The second kappa shape index (κ2) is 4.85. The smallest absolute Gasteiger partial charge is 0.323 e. The van der Waals surface area contributed by atoms with E-state index in [1.54, 1.807) is 18.2 Å². The molecule has 0 unspecified atom stereocenters.